The van der Waals surface area contributed by atoms with Crippen LogP contribution in [0.5, 0.6) is 5.75 Å². The summed E-state index contributed by atoms with van der Waals surface area (Å²) in [6.07, 6.45) is 1.12. The summed E-state index contributed by atoms with van der Waals surface area (Å²) in [5.41, 5.74) is 1.36. The van der Waals surface area contributed by atoms with E-state index in [2.05, 4.69) is 48.0 Å². The van der Waals surface area contributed by atoms with E-state index in [4.69, 9.17) is 4.74 Å². The van der Waals surface area contributed by atoms with Crippen molar-refractivity contribution in [3.63, 3.8) is 0 Å². The summed E-state index contributed by atoms with van der Waals surface area (Å²) in [5.74, 6) is 2.31. The first-order valence-electron chi connectivity index (χ1n) is 5.56. The Bertz CT molecular complexity index is 335. The number of hydrogen-bond donors (Lipinski definition) is 0. The first-order valence-corrected chi connectivity index (χ1v) is 6.47. The molecule has 1 aromatic rings. The predicted molar refractivity (Wildman–Crippen MR) is 66.8 cm³/mol. The molecule has 0 aliphatic carbocycles. The van der Waals surface area contributed by atoms with Crippen LogP contribution < -0.4 is 4.74 Å². The van der Waals surface area contributed by atoms with Crippen LogP contribution >= 0.6 is 15.9 Å². The molecular formula is C13H17BrO. The Morgan fingerprint density at radius 3 is 2.80 bits per heavy atom. The molecule has 82 valence electrons. The molecule has 0 spiro atoms. The summed E-state index contributed by atoms with van der Waals surface area (Å²) in [4.78, 5) is 0.544. The molecule has 1 aliphatic rings. The second kappa shape index (κ2) is 4.56. The lowest BCUT2D eigenvalue weighted by atomic mass is 9.86. The molecule has 1 aromatic carbocycles. The van der Waals surface area contributed by atoms with Crippen LogP contribution in [0.4, 0.5) is 0 Å². The van der Waals surface area contributed by atoms with Gasteiger partial charge in [0, 0.05) is 10.7 Å². The van der Waals surface area contributed by atoms with Crippen molar-refractivity contribution in [3.05, 3.63) is 29.8 Å². The normalized spacial score (nSPS) is 22.0. The topological polar surface area (TPSA) is 9.23 Å². The van der Waals surface area contributed by atoms with Gasteiger partial charge < -0.3 is 4.74 Å². The Balaban J connectivity index is 2.29. The summed E-state index contributed by atoms with van der Waals surface area (Å²) in [6.45, 7) is 5.37. The molecule has 2 unspecified atom stereocenters. The highest BCUT2D eigenvalue weighted by Crippen LogP contribution is 2.40. The fourth-order valence-corrected chi connectivity index (χ4v) is 2.71. The highest BCUT2D eigenvalue weighted by molar-refractivity contribution is 9.09. The zero-order chi connectivity index (χ0) is 10.8. The lowest BCUT2D eigenvalue weighted by Gasteiger charge is -2.31. The molecule has 0 bridgehead atoms. The summed E-state index contributed by atoms with van der Waals surface area (Å²) >= 11 is 3.82. The minimum atomic E-state index is 0.544. The largest absolute Gasteiger partial charge is 0.493 e. The fraction of sp³-hybridized carbons (Fsp3) is 0.538. The molecule has 0 saturated heterocycles. The van der Waals surface area contributed by atoms with Crippen molar-refractivity contribution in [2.75, 3.05) is 6.61 Å². The number of benzene rings is 1. The van der Waals surface area contributed by atoms with Crippen molar-refractivity contribution in [2.24, 2.45) is 5.92 Å². The molecule has 15 heavy (non-hydrogen) atoms. The maximum absolute atomic E-state index is 5.66. The van der Waals surface area contributed by atoms with Gasteiger partial charge in [-0.25, -0.2) is 0 Å². The Morgan fingerprint density at radius 2 is 2.07 bits per heavy atom. The van der Waals surface area contributed by atoms with E-state index in [1.807, 2.05) is 6.07 Å². The molecule has 2 heteroatoms. The van der Waals surface area contributed by atoms with Crippen LogP contribution in [0.3, 0.4) is 0 Å². The van der Waals surface area contributed by atoms with Crippen LogP contribution in [0, 0.1) is 5.92 Å². The molecule has 0 amide bonds. The van der Waals surface area contributed by atoms with E-state index in [0.717, 1.165) is 18.8 Å². The quantitative estimate of drug-likeness (QED) is 0.738. The number of fused-ring (bicyclic) bond motifs is 1. The van der Waals surface area contributed by atoms with E-state index in [-0.39, 0.29) is 0 Å². The molecule has 1 aliphatic heterocycles. The average molecular weight is 269 g/mol. The minimum Gasteiger partial charge on any atom is -0.493 e. The summed E-state index contributed by atoms with van der Waals surface area (Å²) in [5, 5.41) is 0. The Morgan fingerprint density at radius 1 is 1.33 bits per heavy atom. The van der Waals surface area contributed by atoms with Gasteiger partial charge in [0.05, 0.1) is 6.61 Å². The minimum absolute atomic E-state index is 0.544. The third-order valence-electron chi connectivity index (χ3n) is 3.03. The van der Waals surface area contributed by atoms with Crippen LogP contribution in [0.25, 0.3) is 0 Å². The maximum atomic E-state index is 5.66. The molecule has 0 saturated carbocycles. The monoisotopic (exact) mass is 268 g/mol. The van der Waals surface area contributed by atoms with Crippen molar-refractivity contribution in [3.8, 4) is 5.75 Å². The molecule has 1 heterocycles. The Hall–Kier alpha value is -0.500. The van der Waals surface area contributed by atoms with Gasteiger partial charge in [0.15, 0.2) is 0 Å². The number of ether oxygens (including phenoxy) is 1. The Labute approximate surface area is 100.0 Å². The van der Waals surface area contributed by atoms with Gasteiger partial charge in [-0.15, -0.1) is 0 Å². The molecule has 2 rings (SSSR count). The first kappa shape index (κ1) is 11.0. The van der Waals surface area contributed by atoms with Gasteiger partial charge in [-0.2, -0.15) is 0 Å². The number of rotatable bonds is 2. The molecule has 0 fully saturated rings. The molecular weight excluding hydrogens is 252 g/mol. The van der Waals surface area contributed by atoms with E-state index in [0.29, 0.717) is 16.7 Å². The molecule has 0 N–H and O–H groups in total. The van der Waals surface area contributed by atoms with Crippen LogP contribution in [0.2, 0.25) is 0 Å². The second-order valence-electron chi connectivity index (χ2n) is 4.47. The van der Waals surface area contributed by atoms with Crippen molar-refractivity contribution >= 4 is 15.9 Å². The van der Waals surface area contributed by atoms with Crippen molar-refractivity contribution < 1.29 is 4.74 Å². The van der Waals surface area contributed by atoms with Crippen molar-refractivity contribution in [1.29, 1.82) is 0 Å². The van der Waals surface area contributed by atoms with Gasteiger partial charge in [0.1, 0.15) is 5.75 Å². The highest BCUT2D eigenvalue weighted by atomic mass is 79.9. The number of halogens is 1. The third-order valence-corrected chi connectivity index (χ3v) is 4.72. The van der Waals surface area contributed by atoms with E-state index in [1.54, 1.807) is 0 Å². The van der Waals surface area contributed by atoms with E-state index in [1.165, 1.54) is 5.56 Å². The zero-order valence-corrected chi connectivity index (χ0v) is 10.8. The summed E-state index contributed by atoms with van der Waals surface area (Å²) in [6, 6.07) is 8.40. The summed E-state index contributed by atoms with van der Waals surface area (Å²) in [7, 11) is 0. The third kappa shape index (κ3) is 2.20. The standard InChI is InChI=1S/C13H17BrO/c1-9(2)13(14)11-7-8-15-12-6-4-3-5-10(11)12/h3-6,9,11,13H,7-8H2,1-2H3. The predicted octanol–water partition coefficient (Wildman–Crippen LogP) is 3.97. The number of para-hydroxylation sites is 1. The van der Waals surface area contributed by atoms with Crippen molar-refractivity contribution in [1.82, 2.24) is 0 Å². The maximum Gasteiger partial charge on any atom is 0.122 e. The van der Waals surface area contributed by atoms with Gasteiger partial charge in [-0.1, -0.05) is 48.0 Å². The van der Waals surface area contributed by atoms with Gasteiger partial charge in [-0.05, 0) is 24.0 Å². The van der Waals surface area contributed by atoms with E-state index < -0.39 is 0 Å². The highest BCUT2D eigenvalue weighted by Gasteiger charge is 2.28. The zero-order valence-electron chi connectivity index (χ0n) is 9.24. The SMILES string of the molecule is CC(C)C(Br)C1CCOc2ccccc21. The molecule has 1 nitrogen and oxygen atoms in total. The van der Waals surface area contributed by atoms with E-state index >= 15 is 0 Å². The van der Waals surface area contributed by atoms with Crippen LogP contribution in [-0.2, 0) is 0 Å². The number of hydrogen-bond acceptors (Lipinski definition) is 1. The summed E-state index contributed by atoms with van der Waals surface area (Å²) < 4.78 is 5.66. The van der Waals surface area contributed by atoms with Gasteiger partial charge >= 0.3 is 0 Å². The van der Waals surface area contributed by atoms with Gasteiger partial charge in [0.2, 0.25) is 0 Å². The van der Waals surface area contributed by atoms with E-state index in [9.17, 15) is 0 Å². The smallest absolute Gasteiger partial charge is 0.122 e. The van der Waals surface area contributed by atoms with Crippen LogP contribution in [-0.4, -0.2) is 11.4 Å². The second-order valence-corrected chi connectivity index (χ2v) is 5.53. The van der Waals surface area contributed by atoms with Gasteiger partial charge in [0.25, 0.3) is 0 Å². The molecule has 0 radical (unpaired) electrons. The fourth-order valence-electron chi connectivity index (χ4n) is 2.17. The van der Waals surface area contributed by atoms with Crippen molar-refractivity contribution in [2.45, 2.75) is 31.0 Å². The average Bonchev–Trinajstić information content (AvgIpc) is 2.27. The number of alkyl halides is 1. The lowest BCUT2D eigenvalue weighted by molar-refractivity contribution is 0.259. The lowest BCUT2D eigenvalue weighted by Crippen LogP contribution is -2.24. The van der Waals surface area contributed by atoms with Crippen LogP contribution in [0.15, 0.2) is 24.3 Å². The Kier molecular flexibility index (Phi) is 3.35. The van der Waals surface area contributed by atoms with Crippen LogP contribution in [0.1, 0.15) is 31.7 Å². The van der Waals surface area contributed by atoms with Gasteiger partial charge in [-0.3, -0.25) is 0 Å². The first-order chi connectivity index (χ1) is 7.20. The molecule has 0 aromatic heterocycles. The molecule has 2 atom stereocenters.